The van der Waals surface area contributed by atoms with Gasteiger partial charge in [0.1, 0.15) is 0 Å². The Morgan fingerprint density at radius 1 is 1.27 bits per heavy atom. The van der Waals surface area contributed by atoms with Crippen LogP contribution in [0.25, 0.3) is 0 Å². The topological polar surface area (TPSA) is 70.2 Å². The van der Waals surface area contributed by atoms with Gasteiger partial charge in [-0.25, -0.2) is 0 Å². The highest BCUT2D eigenvalue weighted by atomic mass is 16.2. The Bertz CT molecular complexity index is 207. The third kappa shape index (κ3) is 6.90. The SMILES string of the molecule is CCCNC(=O)C(C)NCCC(=O)NC. The smallest absolute Gasteiger partial charge is 0.236 e. The van der Waals surface area contributed by atoms with E-state index >= 15 is 0 Å². The van der Waals surface area contributed by atoms with E-state index in [0.717, 1.165) is 6.42 Å². The van der Waals surface area contributed by atoms with Crippen LogP contribution in [0, 0.1) is 0 Å². The maximum absolute atomic E-state index is 11.4. The number of nitrogens with one attached hydrogen (secondary N) is 3. The molecule has 0 heterocycles. The molecule has 0 aromatic heterocycles. The van der Waals surface area contributed by atoms with Crippen molar-refractivity contribution in [3.8, 4) is 0 Å². The Morgan fingerprint density at radius 2 is 1.93 bits per heavy atom. The lowest BCUT2D eigenvalue weighted by atomic mass is 10.3. The Labute approximate surface area is 91.0 Å². The first-order valence-corrected chi connectivity index (χ1v) is 5.33. The molecule has 5 nitrogen and oxygen atoms in total. The van der Waals surface area contributed by atoms with Crippen molar-refractivity contribution in [2.45, 2.75) is 32.7 Å². The molecule has 0 rings (SSSR count). The molecule has 5 heteroatoms. The van der Waals surface area contributed by atoms with E-state index < -0.39 is 0 Å². The highest BCUT2D eigenvalue weighted by Gasteiger charge is 2.10. The molecule has 0 bridgehead atoms. The van der Waals surface area contributed by atoms with Crippen LogP contribution in [0.3, 0.4) is 0 Å². The van der Waals surface area contributed by atoms with E-state index in [2.05, 4.69) is 16.0 Å². The fraction of sp³-hybridized carbons (Fsp3) is 0.800. The second kappa shape index (κ2) is 8.23. The average molecular weight is 215 g/mol. The first-order valence-electron chi connectivity index (χ1n) is 5.33. The number of hydrogen-bond acceptors (Lipinski definition) is 3. The molecule has 0 aliphatic carbocycles. The molecule has 0 aliphatic rings. The van der Waals surface area contributed by atoms with Crippen LogP contribution >= 0.6 is 0 Å². The first kappa shape index (κ1) is 13.9. The predicted octanol–water partition coefficient (Wildman–Crippen LogP) is -0.373. The summed E-state index contributed by atoms with van der Waals surface area (Å²) in [6.45, 7) is 5.00. The summed E-state index contributed by atoms with van der Waals surface area (Å²) in [6, 6.07) is -0.249. The summed E-state index contributed by atoms with van der Waals surface area (Å²) < 4.78 is 0. The minimum atomic E-state index is -0.249. The van der Waals surface area contributed by atoms with Crippen molar-refractivity contribution >= 4 is 11.8 Å². The molecule has 1 atom stereocenters. The van der Waals surface area contributed by atoms with Crippen molar-refractivity contribution in [3.05, 3.63) is 0 Å². The zero-order valence-electron chi connectivity index (χ0n) is 9.72. The predicted molar refractivity (Wildman–Crippen MR) is 59.4 cm³/mol. The zero-order valence-corrected chi connectivity index (χ0v) is 9.72. The molecular formula is C10H21N3O2. The fourth-order valence-electron chi connectivity index (χ4n) is 1.02. The summed E-state index contributed by atoms with van der Waals surface area (Å²) in [7, 11) is 1.60. The van der Waals surface area contributed by atoms with Gasteiger partial charge in [-0.3, -0.25) is 9.59 Å². The average Bonchev–Trinajstić information content (AvgIpc) is 2.25. The first-order chi connectivity index (χ1) is 7.11. The van der Waals surface area contributed by atoms with Gasteiger partial charge in [0.2, 0.25) is 11.8 Å². The molecule has 0 aromatic rings. The zero-order chi connectivity index (χ0) is 11.7. The molecule has 0 aliphatic heterocycles. The van der Waals surface area contributed by atoms with Crippen LogP contribution in [0.1, 0.15) is 26.7 Å². The molecule has 0 radical (unpaired) electrons. The van der Waals surface area contributed by atoms with Crippen LogP contribution in [-0.2, 0) is 9.59 Å². The summed E-state index contributed by atoms with van der Waals surface area (Å²) in [6.07, 6.45) is 1.32. The van der Waals surface area contributed by atoms with E-state index in [-0.39, 0.29) is 17.9 Å². The lowest BCUT2D eigenvalue weighted by Gasteiger charge is -2.13. The molecule has 1 unspecified atom stereocenters. The standard InChI is InChI=1S/C10H21N3O2/c1-4-6-13-10(15)8(2)12-7-5-9(14)11-3/h8,12H,4-7H2,1-3H3,(H,11,14)(H,13,15). The number of carbonyl (C=O) groups excluding carboxylic acids is 2. The summed E-state index contributed by atoms with van der Waals surface area (Å²) in [5.74, 6) is -0.0441. The highest BCUT2D eigenvalue weighted by Crippen LogP contribution is 1.84. The fourth-order valence-corrected chi connectivity index (χ4v) is 1.02. The van der Waals surface area contributed by atoms with Crippen LogP contribution in [0.15, 0.2) is 0 Å². The van der Waals surface area contributed by atoms with Gasteiger partial charge in [-0.2, -0.15) is 0 Å². The van der Waals surface area contributed by atoms with Crippen LogP contribution in [0.2, 0.25) is 0 Å². The Morgan fingerprint density at radius 3 is 2.47 bits per heavy atom. The Kier molecular flexibility index (Phi) is 7.62. The highest BCUT2D eigenvalue weighted by molar-refractivity contribution is 5.81. The lowest BCUT2D eigenvalue weighted by Crippen LogP contribution is -2.43. The Balaban J connectivity index is 3.59. The third-order valence-electron chi connectivity index (χ3n) is 2.02. The normalized spacial score (nSPS) is 11.9. The molecule has 88 valence electrons. The van der Waals surface area contributed by atoms with E-state index in [1.807, 2.05) is 6.92 Å². The molecule has 0 fully saturated rings. The molecular weight excluding hydrogens is 194 g/mol. The molecule has 15 heavy (non-hydrogen) atoms. The van der Waals surface area contributed by atoms with Crippen LogP contribution in [-0.4, -0.2) is 38.0 Å². The number of amides is 2. The molecule has 0 saturated heterocycles. The van der Waals surface area contributed by atoms with Crippen molar-refractivity contribution in [2.75, 3.05) is 20.1 Å². The second-order valence-electron chi connectivity index (χ2n) is 3.39. The molecule has 0 spiro atoms. The summed E-state index contributed by atoms with van der Waals surface area (Å²) in [4.78, 5) is 22.3. The van der Waals surface area contributed by atoms with Gasteiger partial charge in [-0.1, -0.05) is 6.92 Å². The summed E-state index contributed by atoms with van der Waals surface area (Å²) in [5.41, 5.74) is 0. The van der Waals surface area contributed by atoms with E-state index in [1.165, 1.54) is 0 Å². The third-order valence-corrected chi connectivity index (χ3v) is 2.02. The van der Waals surface area contributed by atoms with Gasteiger partial charge in [0.15, 0.2) is 0 Å². The van der Waals surface area contributed by atoms with E-state index in [4.69, 9.17) is 0 Å². The quantitative estimate of drug-likeness (QED) is 0.542. The molecule has 3 N–H and O–H groups in total. The van der Waals surface area contributed by atoms with Crippen LogP contribution < -0.4 is 16.0 Å². The number of carbonyl (C=O) groups is 2. The van der Waals surface area contributed by atoms with Crippen LogP contribution in [0.5, 0.6) is 0 Å². The number of rotatable bonds is 7. The summed E-state index contributed by atoms with van der Waals surface area (Å²) in [5, 5.41) is 8.29. The van der Waals surface area contributed by atoms with Crippen molar-refractivity contribution in [1.29, 1.82) is 0 Å². The van der Waals surface area contributed by atoms with Gasteiger partial charge in [0.25, 0.3) is 0 Å². The van der Waals surface area contributed by atoms with Gasteiger partial charge >= 0.3 is 0 Å². The molecule has 2 amide bonds. The van der Waals surface area contributed by atoms with Gasteiger partial charge in [0.05, 0.1) is 6.04 Å². The van der Waals surface area contributed by atoms with E-state index in [9.17, 15) is 9.59 Å². The largest absolute Gasteiger partial charge is 0.359 e. The van der Waals surface area contributed by atoms with Gasteiger partial charge < -0.3 is 16.0 Å². The summed E-state index contributed by atoms with van der Waals surface area (Å²) >= 11 is 0. The van der Waals surface area contributed by atoms with Gasteiger partial charge in [-0.15, -0.1) is 0 Å². The van der Waals surface area contributed by atoms with E-state index in [1.54, 1.807) is 14.0 Å². The lowest BCUT2D eigenvalue weighted by molar-refractivity contribution is -0.123. The van der Waals surface area contributed by atoms with Crippen LogP contribution in [0.4, 0.5) is 0 Å². The maximum atomic E-state index is 11.4. The Hall–Kier alpha value is -1.10. The van der Waals surface area contributed by atoms with Crippen molar-refractivity contribution in [1.82, 2.24) is 16.0 Å². The van der Waals surface area contributed by atoms with Crippen molar-refractivity contribution in [3.63, 3.8) is 0 Å². The van der Waals surface area contributed by atoms with Crippen molar-refractivity contribution < 1.29 is 9.59 Å². The van der Waals surface area contributed by atoms with Gasteiger partial charge in [0, 0.05) is 26.6 Å². The molecule has 0 aromatic carbocycles. The molecule has 0 saturated carbocycles. The maximum Gasteiger partial charge on any atom is 0.236 e. The van der Waals surface area contributed by atoms with Crippen molar-refractivity contribution in [2.24, 2.45) is 0 Å². The minimum Gasteiger partial charge on any atom is -0.359 e. The second-order valence-corrected chi connectivity index (χ2v) is 3.39. The van der Waals surface area contributed by atoms with E-state index in [0.29, 0.717) is 19.5 Å². The van der Waals surface area contributed by atoms with Gasteiger partial charge in [-0.05, 0) is 13.3 Å². The number of hydrogen-bond donors (Lipinski definition) is 3. The minimum absolute atomic E-state index is 0.0197. The monoisotopic (exact) mass is 215 g/mol.